The van der Waals surface area contributed by atoms with E-state index in [2.05, 4.69) is 10.1 Å². The number of hydrogen-bond acceptors (Lipinski definition) is 5. The summed E-state index contributed by atoms with van der Waals surface area (Å²) in [7, 11) is -2.77. The van der Waals surface area contributed by atoms with E-state index in [9.17, 15) is 17.6 Å². The van der Waals surface area contributed by atoms with Crippen LogP contribution in [-0.4, -0.2) is 52.0 Å². The number of esters is 1. The van der Waals surface area contributed by atoms with Gasteiger partial charge in [-0.2, -0.15) is 4.31 Å². The van der Waals surface area contributed by atoms with Crippen LogP contribution in [0.2, 0.25) is 0 Å². The molecule has 0 aliphatic carbocycles. The smallest absolute Gasteiger partial charge is 0.339 e. The predicted octanol–water partition coefficient (Wildman–Crippen LogP) is 0.206. The summed E-state index contributed by atoms with van der Waals surface area (Å²) < 4.78 is 44.1. The third-order valence-corrected chi connectivity index (χ3v) is 4.98. The highest BCUT2D eigenvalue weighted by Gasteiger charge is 2.30. The fourth-order valence-electron chi connectivity index (χ4n) is 2.01. The van der Waals surface area contributed by atoms with Crippen LogP contribution in [0.1, 0.15) is 10.4 Å². The van der Waals surface area contributed by atoms with Gasteiger partial charge in [0, 0.05) is 26.2 Å². The molecule has 1 aliphatic heterocycles. The van der Waals surface area contributed by atoms with Crippen molar-refractivity contribution >= 4 is 16.0 Å². The summed E-state index contributed by atoms with van der Waals surface area (Å²) in [5.41, 5.74) is -0.160. The number of nitrogens with zero attached hydrogens (tertiary/aromatic N) is 1. The lowest BCUT2D eigenvalue weighted by Crippen LogP contribution is -2.46. The van der Waals surface area contributed by atoms with Gasteiger partial charge in [0.2, 0.25) is 10.0 Å². The van der Waals surface area contributed by atoms with Crippen LogP contribution in [-0.2, 0) is 14.8 Å². The second-order valence-corrected chi connectivity index (χ2v) is 6.19. The molecule has 0 amide bonds. The number of nitrogens with one attached hydrogen (secondary N) is 1. The zero-order valence-corrected chi connectivity index (χ0v) is 11.7. The monoisotopic (exact) mass is 302 g/mol. The van der Waals surface area contributed by atoms with E-state index in [1.165, 1.54) is 4.31 Å². The fraction of sp³-hybridized carbons (Fsp3) is 0.417. The molecule has 110 valence electrons. The largest absolute Gasteiger partial charge is 0.465 e. The van der Waals surface area contributed by atoms with Gasteiger partial charge in [0.15, 0.2) is 0 Å². The van der Waals surface area contributed by atoms with Crippen molar-refractivity contribution in [2.75, 3.05) is 33.3 Å². The van der Waals surface area contributed by atoms with E-state index in [0.29, 0.717) is 13.1 Å². The van der Waals surface area contributed by atoms with Gasteiger partial charge in [-0.3, -0.25) is 0 Å². The normalized spacial score (nSPS) is 16.9. The van der Waals surface area contributed by atoms with Crippen LogP contribution in [0.5, 0.6) is 0 Å². The zero-order chi connectivity index (χ0) is 14.8. The predicted molar refractivity (Wildman–Crippen MR) is 69.4 cm³/mol. The standard InChI is InChI=1S/C12H15FN2O4S/c1-19-12(16)10-3-2-9(13)8-11(10)20(17,18)15-6-4-14-5-7-15/h2-3,8,14H,4-7H2,1H3. The molecule has 0 bridgehead atoms. The highest BCUT2D eigenvalue weighted by molar-refractivity contribution is 7.89. The maximum atomic E-state index is 13.4. The molecule has 0 unspecified atom stereocenters. The molecule has 0 atom stereocenters. The lowest BCUT2D eigenvalue weighted by molar-refractivity contribution is 0.0596. The van der Waals surface area contributed by atoms with Crippen LogP contribution in [0.3, 0.4) is 0 Å². The Kier molecular flexibility index (Phi) is 4.36. The highest BCUT2D eigenvalue weighted by atomic mass is 32.2. The number of hydrogen-bond donors (Lipinski definition) is 1. The molecule has 1 saturated heterocycles. The van der Waals surface area contributed by atoms with Gasteiger partial charge < -0.3 is 10.1 Å². The average Bonchev–Trinajstić information content (AvgIpc) is 2.47. The zero-order valence-electron chi connectivity index (χ0n) is 10.9. The minimum absolute atomic E-state index is 0.160. The van der Waals surface area contributed by atoms with Crippen LogP contribution in [0.25, 0.3) is 0 Å². The van der Waals surface area contributed by atoms with Crippen molar-refractivity contribution in [3.05, 3.63) is 29.6 Å². The Hall–Kier alpha value is -1.51. The van der Waals surface area contributed by atoms with Crippen LogP contribution in [0, 0.1) is 5.82 Å². The van der Waals surface area contributed by atoms with Crippen molar-refractivity contribution in [3.63, 3.8) is 0 Å². The Morgan fingerprint density at radius 3 is 2.60 bits per heavy atom. The number of benzene rings is 1. The van der Waals surface area contributed by atoms with Gasteiger partial charge in [-0.05, 0) is 18.2 Å². The van der Waals surface area contributed by atoms with Crippen LogP contribution >= 0.6 is 0 Å². The first-order valence-electron chi connectivity index (χ1n) is 6.05. The maximum Gasteiger partial charge on any atom is 0.339 e. The number of carbonyl (C=O) groups is 1. The van der Waals surface area contributed by atoms with Crippen molar-refractivity contribution in [1.82, 2.24) is 9.62 Å². The van der Waals surface area contributed by atoms with Gasteiger partial charge in [-0.25, -0.2) is 17.6 Å². The molecule has 1 N–H and O–H groups in total. The molecule has 1 aromatic carbocycles. The van der Waals surface area contributed by atoms with E-state index >= 15 is 0 Å². The summed E-state index contributed by atoms with van der Waals surface area (Å²) in [6, 6.07) is 3.00. The van der Waals surface area contributed by atoms with E-state index in [4.69, 9.17) is 0 Å². The fourth-order valence-corrected chi connectivity index (χ4v) is 3.64. The number of rotatable bonds is 3. The second-order valence-electron chi connectivity index (χ2n) is 4.29. The first-order chi connectivity index (χ1) is 9.46. The topological polar surface area (TPSA) is 75.7 Å². The summed E-state index contributed by atoms with van der Waals surface area (Å²) in [6.07, 6.45) is 0. The van der Waals surface area contributed by atoms with Crippen molar-refractivity contribution in [1.29, 1.82) is 0 Å². The molecule has 1 aliphatic rings. The minimum Gasteiger partial charge on any atom is -0.465 e. The van der Waals surface area contributed by atoms with Crippen molar-refractivity contribution < 1.29 is 22.3 Å². The number of ether oxygens (including phenoxy) is 1. The Bertz CT molecular complexity index is 612. The summed E-state index contributed by atoms with van der Waals surface area (Å²) in [5.74, 6) is -1.52. The quantitative estimate of drug-likeness (QED) is 0.808. The molecule has 0 saturated carbocycles. The molecule has 1 heterocycles. The Morgan fingerprint density at radius 2 is 2.00 bits per heavy atom. The number of piperazine rings is 1. The maximum absolute atomic E-state index is 13.4. The van der Waals surface area contributed by atoms with E-state index < -0.39 is 21.8 Å². The minimum atomic E-state index is -3.92. The lowest BCUT2D eigenvalue weighted by atomic mass is 10.2. The molecular weight excluding hydrogens is 287 g/mol. The lowest BCUT2D eigenvalue weighted by Gasteiger charge is -2.27. The average molecular weight is 302 g/mol. The van der Waals surface area contributed by atoms with E-state index in [1.807, 2.05) is 0 Å². The third-order valence-electron chi connectivity index (χ3n) is 3.04. The Morgan fingerprint density at radius 1 is 1.35 bits per heavy atom. The molecular formula is C12H15FN2O4S. The summed E-state index contributed by atoms with van der Waals surface area (Å²) in [5, 5.41) is 3.03. The van der Waals surface area contributed by atoms with Gasteiger partial charge in [0.05, 0.1) is 17.6 Å². The summed E-state index contributed by atoms with van der Waals surface area (Å²) in [6.45, 7) is 1.59. The molecule has 0 spiro atoms. The molecule has 6 nitrogen and oxygen atoms in total. The number of sulfonamides is 1. The van der Waals surface area contributed by atoms with Crippen molar-refractivity contribution in [3.8, 4) is 0 Å². The van der Waals surface area contributed by atoms with Gasteiger partial charge in [-0.15, -0.1) is 0 Å². The number of methoxy groups -OCH3 is 1. The number of carbonyl (C=O) groups excluding carboxylic acids is 1. The van der Waals surface area contributed by atoms with Crippen LogP contribution in [0.4, 0.5) is 4.39 Å². The SMILES string of the molecule is COC(=O)c1ccc(F)cc1S(=O)(=O)N1CCNCC1. The number of halogens is 1. The molecule has 0 aromatic heterocycles. The Balaban J connectivity index is 2.49. The van der Waals surface area contributed by atoms with E-state index in [-0.39, 0.29) is 23.5 Å². The summed E-state index contributed by atoms with van der Waals surface area (Å²) in [4.78, 5) is 11.3. The molecule has 20 heavy (non-hydrogen) atoms. The molecule has 1 aromatic rings. The van der Waals surface area contributed by atoms with Crippen molar-refractivity contribution in [2.24, 2.45) is 0 Å². The first kappa shape index (κ1) is 14.9. The van der Waals surface area contributed by atoms with E-state index in [1.54, 1.807) is 0 Å². The first-order valence-corrected chi connectivity index (χ1v) is 7.49. The van der Waals surface area contributed by atoms with Crippen LogP contribution in [0.15, 0.2) is 23.1 Å². The third kappa shape index (κ3) is 2.82. The molecule has 0 radical (unpaired) electrons. The van der Waals surface area contributed by atoms with Gasteiger partial charge in [0.1, 0.15) is 5.82 Å². The highest BCUT2D eigenvalue weighted by Crippen LogP contribution is 2.22. The summed E-state index contributed by atoms with van der Waals surface area (Å²) >= 11 is 0. The van der Waals surface area contributed by atoms with Gasteiger partial charge >= 0.3 is 5.97 Å². The van der Waals surface area contributed by atoms with Gasteiger partial charge in [-0.1, -0.05) is 0 Å². The second kappa shape index (κ2) is 5.86. The van der Waals surface area contributed by atoms with Crippen molar-refractivity contribution in [2.45, 2.75) is 4.90 Å². The molecule has 2 rings (SSSR count). The molecule has 1 fully saturated rings. The van der Waals surface area contributed by atoms with Gasteiger partial charge in [0.25, 0.3) is 0 Å². The van der Waals surface area contributed by atoms with Crippen LogP contribution < -0.4 is 5.32 Å². The van der Waals surface area contributed by atoms with E-state index in [0.717, 1.165) is 25.3 Å². The Labute approximate surface area is 116 Å². The molecule has 8 heteroatoms.